The number of sulfonamides is 1. The summed E-state index contributed by atoms with van der Waals surface area (Å²) in [5, 5.41) is 0.702. The molecule has 2 aromatic carbocycles. The van der Waals surface area contributed by atoms with Gasteiger partial charge >= 0.3 is 6.09 Å². The normalized spacial score (nSPS) is 29.1. The molecular weight excluding hydrogens is 630 g/mol. The first-order valence-electron chi connectivity index (χ1n) is 15.8. The van der Waals surface area contributed by atoms with Gasteiger partial charge in [0.2, 0.25) is 0 Å². The lowest BCUT2D eigenvalue weighted by Crippen LogP contribution is -2.50. The van der Waals surface area contributed by atoms with Crippen LogP contribution in [0.25, 0.3) is 0 Å². The maximum atomic E-state index is 13.6. The molecule has 2 aliphatic heterocycles. The molecule has 4 atom stereocenters. The minimum absolute atomic E-state index is 0.0299. The molecule has 1 saturated carbocycles. The first-order chi connectivity index (χ1) is 21.8. The van der Waals surface area contributed by atoms with Crippen LogP contribution in [0.15, 0.2) is 53.4 Å². The van der Waals surface area contributed by atoms with E-state index in [0.29, 0.717) is 36.2 Å². The van der Waals surface area contributed by atoms with E-state index in [0.717, 1.165) is 32.1 Å². The van der Waals surface area contributed by atoms with Gasteiger partial charge in [0, 0.05) is 43.5 Å². The Bertz CT molecular complexity index is 1660. The van der Waals surface area contributed by atoms with Gasteiger partial charge in [-0.25, -0.2) is 17.9 Å². The summed E-state index contributed by atoms with van der Waals surface area (Å²) >= 11 is 6.41. The minimum Gasteiger partial charge on any atom is -0.490 e. The molecule has 6 rings (SSSR count). The molecule has 2 bridgehead atoms. The second-order valence-corrected chi connectivity index (χ2v) is 15.8. The summed E-state index contributed by atoms with van der Waals surface area (Å²) in [6, 6.07) is 10.8. The topological polar surface area (TPSA) is 114 Å². The first-order valence-corrected chi connectivity index (χ1v) is 17.7. The van der Waals surface area contributed by atoms with Crippen LogP contribution in [0, 0.1) is 11.8 Å². The molecule has 1 fully saturated rings. The van der Waals surface area contributed by atoms with Crippen LogP contribution in [0.2, 0.25) is 5.02 Å². The maximum Gasteiger partial charge on any atom is 0.409 e. The van der Waals surface area contributed by atoms with Crippen LogP contribution in [0.1, 0.15) is 50.7 Å². The Morgan fingerprint density at radius 2 is 1.96 bits per heavy atom. The number of aryl methyl sites for hydroxylation is 1. The average molecular weight is 672 g/mol. The molecule has 2 heterocycles. The molecule has 248 valence electrons. The lowest BCUT2D eigenvalue weighted by molar-refractivity contribution is -0.139. The molecule has 10 nitrogen and oxygen atoms in total. The average Bonchev–Trinajstić information content (AvgIpc) is 3.13. The predicted octanol–water partition coefficient (Wildman–Crippen LogP) is 5.08. The van der Waals surface area contributed by atoms with Gasteiger partial charge in [-0.2, -0.15) is 0 Å². The fourth-order valence-electron chi connectivity index (χ4n) is 7.10. The van der Waals surface area contributed by atoms with Crippen molar-refractivity contribution < 1.29 is 32.2 Å². The van der Waals surface area contributed by atoms with Gasteiger partial charge in [-0.3, -0.25) is 4.79 Å². The fraction of sp³-hybridized carbons (Fsp3) is 0.529. The zero-order chi connectivity index (χ0) is 32.9. The van der Waals surface area contributed by atoms with Crippen molar-refractivity contribution in [1.82, 2.24) is 9.62 Å². The van der Waals surface area contributed by atoms with Crippen LogP contribution in [-0.4, -0.2) is 77.4 Å². The lowest BCUT2D eigenvalue weighted by Gasteiger charge is -2.46. The minimum atomic E-state index is -4.23. The van der Waals surface area contributed by atoms with Gasteiger partial charge in [0.05, 0.1) is 23.8 Å². The van der Waals surface area contributed by atoms with E-state index in [-0.39, 0.29) is 28.8 Å². The Labute approximate surface area is 276 Å². The Morgan fingerprint density at radius 3 is 2.70 bits per heavy atom. The van der Waals surface area contributed by atoms with Crippen LogP contribution in [0.5, 0.6) is 5.75 Å². The van der Waals surface area contributed by atoms with Gasteiger partial charge in [-0.1, -0.05) is 23.7 Å². The van der Waals surface area contributed by atoms with Crippen LogP contribution in [0.4, 0.5) is 10.5 Å². The highest BCUT2D eigenvalue weighted by atomic mass is 35.5. The quantitative estimate of drug-likeness (QED) is 0.418. The molecular formula is C34H42ClN3O7S. The Balaban J connectivity index is 1.44. The van der Waals surface area contributed by atoms with Crippen LogP contribution >= 0.6 is 11.6 Å². The zero-order valence-corrected chi connectivity index (χ0v) is 28.3. The van der Waals surface area contributed by atoms with E-state index in [2.05, 4.69) is 15.7 Å². The van der Waals surface area contributed by atoms with Crippen molar-refractivity contribution in [3.63, 3.8) is 0 Å². The number of ether oxygens (including phenoxy) is 3. The molecule has 46 heavy (non-hydrogen) atoms. The van der Waals surface area contributed by atoms with E-state index in [1.807, 2.05) is 18.2 Å². The van der Waals surface area contributed by atoms with Crippen molar-refractivity contribution in [3.8, 4) is 5.75 Å². The third-order valence-electron chi connectivity index (χ3n) is 9.91. The van der Waals surface area contributed by atoms with Gasteiger partial charge in [0.1, 0.15) is 17.5 Å². The number of fused-ring (bicyclic) bond motifs is 4. The number of amides is 2. The van der Waals surface area contributed by atoms with Crippen LogP contribution in [-0.2, 0) is 36.1 Å². The third kappa shape index (κ3) is 6.33. The van der Waals surface area contributed by atoms with E-state index in [4.69, 9.17) is 25.8 Å². The SMILES string of the molecule is CN(C)C(=O)O[C@H]1/C=C\COC(C)(C)C(=O)NS(=O)(=O)c2ccc3c(c2)N(C[C@@H]2CC[C@H]21)C[C@@]1(CCCc2cc(Cl)ccc21)CO3. The number of hydrogen-bond acceptors (Lipinski definition) is 8. The van der Waals surface area contributed by atoms with Crippen molar-refractivity contribution >= 4 is 39.3 Å². The molecule has 0 saturated heterocycles. The highest BCUT2D eigenvalue weighted by Gasteiger charge is 2.45. The van der Waals surface area contributed by atoms with Gasteiger partial charge in [0.25, 0.3) is 15.9 Å². The highest BCUT2D eigenvalue weighted by Crippen LogP contribution is 2.47. The number of nitrogens with one attached hydrogen (secondary N) is 1. The molecule has 0 radical (unpaired) electrons. The Morgan fingerprint density at radius 1 is 1.15 bits per heavy atom. The van der Waals surface area contributed by atoms with Gasteiger partial charge in [0.15, 0.2) is 0 Å². The second kappa shape index (κ2) is 12.4. The van der Waals surface area contributed by atoms with E-state index in [1.165, 1.54) is 35.9 Å². The summed E-state index contributed by atoms with van der Waals surface area (Å²) in [7, 11) is -0.925. The van der Waals surface area contributed by atoms with E-state index in [1.54, 1.807) is 32.3 Å². The van der Waals surface area contributed by atoms with Gasteiger partial charge < -0.3 is 24.0 Å². The number of carbonyl (C=O) groups excluding carboxylic acids is 2. The van der Waals surface area contributed by atoms with Crippen LogP contribution in [0.3, 0.4) is 0 Å². The van der Waals surface area contributed by atoms with E-state index < -0.39 is 33.7 Å². The predicted molar refractivity (Wildman–Crippen MR) is 175 cm³/mol. The summed E-state index contributed by atoms with van der Waals surface area (Å²) in [5.41, 5.74) is 1.27. The molecule has 1 spiro atoms. The Kier molecular flexibility index (Phi) is 8.80. The first kappa shape index (κ1) is 32.7. The smallest absolute Gasteiger partial charge is 0.409 e. The number of anilines is 1. The zero-order valence-electron chi connectivity index (χ0n) is 26.8. The standard InChI is InChI=1S/C34H42ClN3O7S/c1-33(2)31(39)36-46(41,42)25-11-14-30-28(18-25)38(20-34(21-43-30)15-5-7-22-17-24(35)10-13-27(22)34)19-23-9-12-26(23)29(8-6-16-44-33)45-32(40)37(3)4/h6,8,10-11,13-14,17-18,23,26,29H,5,7,9,12,15-16,19-21H2,1-4H3,(H,36,39)/b8-6-/t23-,26+,29-,34-/m0/s1. The van der Waals surface area contributed by atoms with Crippen molar-refractivity contribution in [2.24, 2.45) is 11.8 Å². The number of halogens is 1. The summed E-state index contributed by atoms with van der Waals surface area (Å²) in [6.07, 6.45) is 7.24. The molecule has 12 heteroatoms. The summed E-state index contributed by atoms with van der Waals surface area (Å²) in [5.74, 6) is -0.00935. The molecule has 0 aromatic heterocycles. The number of carbonyl (C=O) groups is 2. The van der Waals surface area contributed by atoms with Crippen molar-refractivity contribution in [3.05, 3.63) is 64.7 Å². The van der Waals surface area contributed by atoms with E-state index in [9.17, 15) is 18.0 Å². The van der Waals surface area contributed by atoms with Gasteiger partial charge in [-0.15, -0.1) is 0 Å². The molecule has 1 N–H and O–H groups in total. The fourth-order valence-corrected chi connectivity index (χ4v) is 8.42. The molecule has 4 aliphatic rings. The monoisotopic (exact) mass is 671 g/mol. The Hall–Kier alpha value is -3.28. The summed E-state index contributed by atoms with van der Waals surface area (Å²) < 4.78 is 47.6. The third-order valence-corrected chi connectivity index (χ3v) is 11.5. The summed E-state index contributed by atoms with van der Waals surface area (Å²) in [4.78, 5) is 29.5. The van der Waals surface area contributed by atoms with Crippen molar-refractivity contribution in [2.75, 3.05) is 45.3 Å². The lowest BCUT2D eigenvalue weighted by atomic mass is 9.68. The number of rotatable bonds is 1. The number of hydrogen-bond donors (Lipinski definition) is 1. The largest absolute Gasteiger partial charge is 0.490 e. The number of nitrogens with zero attached hydrogens (tertiary/aromatic N) is 2. The summed E-state index contributed by atoms with van der Waals surface area (Å²) in [6.45, 7) is 4.70. The maximum absolute atomic E-state index is 13.6. The van der Waals surface area contributed by atoms with E-state index >= 15 is 0 Å². The van der Waals surface area contributed by atoms with Gasteiger partial charge in [-0.05, 0) is 99.4 Å². The highest BCUT2D eigenvalue weighted by molar-refractivity contribution is 7.90. The molecule has 2 amide bonds. The molecule has 0 unspecified atom stereocenters. The van der Waals surface area contributed by atoms with Crippen LogP contribution < -0.4 is 14.4 Å². The van der Waals surface area contributed by atoms with Crippen molar-refractivity contribution in [2.45, 2.75) is 68.0 Å². The molecule has 2 aliphatic carbocycles. The second-order valence-electron chi connectivity index (χ2n) is 13.7. The number of benzene rings is 2. The van der Waals surface area contributed by atoms with Crippen molar-refractivity contribution in [1.29, 1.82) is 0 Å². The molecule has 2 aromatic rings.